The monoisotopic (exact) mass is 325 g/mol. The van der Waals surface area contributed by atoms with Crippen LogP contribution in [0.5, 0.6) is 0 Å². The summed E-state index contributed by atoms with van der Waals surface area (Å²) in [6.07, 6.45) is 2.04. The highest BCUT2D eigenvalue weighted by molar-refractivity contribution is 8.14. The van der Waals surface area contributed by atoms with Gasteiger partial charge in [-0.15, -0.1) is 23.1 Å². The van der Waals surface area contributed by atoms with Crippen LogP contribution >= 0.6 is 35.3 Å². The van der Waals surface area contributed by atoms with Crippen molar-refractivity contribution in [3.63, 3.8) is 0 Å². The van der Waals surface area contributed by atoms with Crippen LogP contribution in [0.2, 0.25) is 0 Å². The van der Waals surface area contributed by atoms with Crippen LogP contribution in [-0.2, 0) is 0 Å². The second-order valence-corrected chi connectivity index (χ2v) is 6.81. The lowest BCUT2D eigenvalue weighted by atomic mass is 10.3. The highest BCUT2D eigenvalue weighted by Crippen LogP contribution is 2.22. The Morgan fingerprint density at radius 1 is 1.45 bits per heavy atom. The summed E-state index contributed by atoms with van der Waals surface area (Å²) >= 11 is 8.29. The quantitative estimate of drug-likeness (QED) is 0.373. The summed E-state index contributed by atoms with van der Waals surface area (Å²) in [6, 6.07) is 4.12. The minimum absolute atomic E-state index is 0.675. The smallest absolute Gasteiger partial charge is 0.0930 e. The summed E-state index contributed by atoms with van der Waals surface area (Å²) in [7, 11) is 0. The van der Waals surface area contributed by atoms with Crippen LogP contribution in [0, 0.1) is 0 Å². The Morgan fingerprint density at radius 2 is 2.20 bits per heavy atom. The fraction of sp³-hybridized carbons (Fsp3) is 0.357. The van der Waals surface area contributed by atoms with Crippen molar-refractivity contribution in [3.8, 4) is 0 Å². The SMILES string of the molecule is C/C=C(\N=C(/C)SC/C(C)=N/NC(C)=S)c1cccs1. The number of hydrogen-bond acceptors (Lipinski definition) is 5. The Bertz CT molecular complexity index is 528. The number of thioether (sulfide) groups is 1. The summed E-state index contributed by atoms with van der Waals surface area (Å²) < 4.78 is 0. The summed E-state index contributed by atoms with van der Waals surface area (Å²) in [6.45, 7) is 7.81. The molecule has 0 unspecified atom stereocenters. The molecular formula is C14H19N3S3. The average molecular weight is 326 g/mol. The fourth-order valence-corrected chi connectivity index (χ4v) is 2.74. The maximum Gasteiger partial charge on any atom is 0.0930 e. The van der Waals surface area contributed by atoms with E-state index in [-0.39, 0.29) is 0 Å². The molecule has 6 heteroatoms. The zero-order valence-corrected chi connectivity index (χ0v) is 14.6. The van der Waals surface area contributed by atoms with E-state index in [9.17, 15) is 0 Å². The van der Waals surface area contributed by atoms with Crippen LogP contribution < -0.4 is 5.43 Å². The highest BCUT2D eigenvalue weighted by Gasteiger charge is 2.02. The van der Waals surface area contributed by atoms with Gasteiger partial charge in [-0.05, 0) is 39.1 Å². The third-order valence-corrected chi connectivity index (χ3v) is 4.27. The van der Waals surface area contributed by atoms with E-state index in [4.69, 9.17) is 12.2 Å². The Labute approximate surface area is 134 Å². The van der Waals surface area contributed by atoms with Crippen molar-refractivity contribution >= 4 is 56.8 Å². The van der Waals surface area contributed by atoms with E-state index in [0.717, 1.165) is 22.2 Å². The molecule has 0 saturated carbocycles. The van der Waals surface area contributed by atoms with Crippen molar-refractivity contribution in [2.45, 2.75) is 27.7 Å². The molecule has 1 aromatic heterocycles. The number of aliphatic imine (C=N–C) groups is 1. The number of rotatable bonds is 5. The lowest BCUT2D eigenvalue weighted by Gasteiger charge is -2.03. The van der Waals surface area contributed by atoms with Gasteiger partial charge >= 0.3 is 0 Å². The van der Waals surface area contributed by atoms with Crippen molar-refractivity contribution in [2.24, 2.45) is 10.1 Å². The molecule has 1 heterocycles. The van der Waals surface area contributed by atoms with Gasteiger partial charge in [0, 0.05) is 11.5 Å². The molecular weight excluding hydrogens is 306 g/mol. The predicted molar refractivity (Wildman–Crippen MR) is 98.1 cm³/mol. The summed E-state index contributed by atoms with van der Waals surface area (Å²) in [5, 5.41) is 7.27. The number of hydrogen-bond donors (Lipinski definition) is 1. The first-order chi connectivity index (χ1) is 9.52. The summed E-state index contributed by atoms with van der Waals surface area (Å²) in [5.74, 6) is 0.798. The molecule has 0 aromatic carbocycles. The maximum absolute atomic E-state index is 4.91. The van der Waals surface area contributed by atoms with Gasteiger partial charge in [-0.3, -0.25) is 5.43 Å². The number of nitrogens with zero attached hydrogens (tertiary/aromatic N) is 2. The minimum atomic E-state index is 0.675. The molecule has 0 aliphatic carbocycles. The van der Waals surface area contributed by atoms with Crippen molar-refractivity contribution < 1.29 is 0 Å². The number of nitrogens with one attached hydrogen (secondary N) is 1. The lowest BCUT2D eigenvalue weighted by Crippen LogP contribution is -2.14. The van der Waals surface area contributed by atoms with Gasteiger partial charge in [0.15, 0.2) is 0 Å². The van der Waals surface area contributed by atoms with E-state index in [0.29, 0.717) is 4.99 Å². The van der Waals surface area contributed by atoms with Crippen LogP contribution in [0.1, 0.15) is 32.6 Å². The standard InChI is InChI=1S/C14H19N3S3/c1-5-13(14-7-6-8-19-14)15-12(4)20-9-10(2)16-17-11(3)18/h5-8H,9H2,1-4H3,(H,17,18)/b13-5-,15-12+,16-10+. The second kappa shape index (κ2) is 9.05. The minimum Gasteiger partial charge on any atom is -0.272 e. The molecule has 3 nitrogen and oxygen atoms in total. The lowest BCUT2D eigenvalue weighted by molar-refractivity contribution is 1.03. The topological polar surface area (TPSA) is 36.8 Å². The molecule has 0 atom stereocenters. The van der Waals surface area contributed by atoms with Crippen LogP contribution in [0.15, 0.2) is 33.7 Å². The Kier molecular flexibility index (Phi) is 7.72. The zero-order chi connectivity index (χ0) is 15.0. The molecule has 0 amide bonds. The molecule has 1 rings (SSSR count). The first-order valence-corrected chi connectivity index (χ1v) is 8.48. The molecule has 0 fully saturated rings. The maximum atomic E-state index is 4.91. The Morgan fingerprint density at radius 3 is 2.75 bits per heavy atom. The largest absolute Gasteiger partial charge is 0.272 e. The fourth-order valence-electron chi connectivity index (χ4n) is 1.30. The van der Waals surface area contributed by atoms with Crippen LogP contribution in [0.25, 0.3) is 5.70 Å². The van der Waals surface area contributed by atoms with E-state index in [1.165, 1.54) is 4.88 Å². The van der Waals surface area contributed by atoms with Gasteiger partial charge in [-0.25, -0.2) is 4.99 Å². The van der Waals surface area contributed by atoms with Crippen molar-refractivity contribution in [2.75, 3.05) is 5.75 Å². The number of thiocarbonyl (C=S) groups is 1. The predicted octanol–water partition coefficient (Wildman–Crippen LogP) is 4.57. The molecule has 20 heavy (non-hydrogen) atoms. The van der Waals surface area contributed by atoms with Gasteiger partial charge in [0.2, 0.25) is 0 Å². The van der Waals surface area contributed by atoms with Gasteiger partial charge in [0.1, 0.15) is 0 Å². The first kappa shape index (κ1) is 17.1. The summed E-state index contributed by atoms with van der Waals surface area (Å²) in [5.41, 5.74) is 4.81. The van der Waals surface area contributed by atoms with E-state index in [1.807, 2.05) is 39.8 Å². The molecule has 1 N–H and O–H groups in total. The van der Waals surface area contributed by atoms with E-state index >= 15 is 0 Å². The van der Waals surface area contributed by atoms with E-state index in [2.05, 4.69) is 27.0 Å². The van der Waals surface area contributed by atoms with Gasteiger partial charge in [0.25, 0.3) is 0 Å². The molecule has 0 saturated heterocycles. The molecule has 0 aliphatic rings. The van der Waals surface area contributed by atoms with Gasteiger partial charge in [-0.2, -0.15) is 5.10 Å². The van der Waals surface area contributed by atoms with Crippen LogP contribution in [0.4, 0.5) is 0 Å². The van der Waals surface area contributed by atoms with E-state index < -0.39 is 0 Å². The number of hydrazone groups is 1. The van der Waals surface area contributed by atoms with Gasteiger partial charge in [0.05, 0.1) is 20.6 Å². The van der Waals surface area contributed by atoms with Crippen LogP contribution in [0.3, 0.4) is 0 Å². The number of thiophene rings is 1. The molecule has 108 valence electrons. The summed E-state index contributed by atoms with van der Waals surface area (Å²) in [4.78, 5) is 6.52. The normalized spacial score (nSPS) is 13.5. The van der Waals surface area contributed by atoms with Crippen molar-refractivity contribution in [1.29, 1.82) is 0 Å². The zero-order valence-electron chi connectivity index (χ0n) is 12.1. The highest BCUT2D eigenvalue weighted by atomic mass is 32.2. The molecule has 1 aromatic rings. The Balaban J connectivity index is 2.57. The first-order valence-electron chi connectivity index (χ1n) is 6.21. The third kappa shape index (κ3) is 6.45. The van der Waals surface area contributed by atoms with Gasteiger partial charge in [-0.1, -0.05) is 24.4 Å². The second-order valence-electron chi connectivity index (χ2n) is 4.09. The van der Waals surface area contributed by atoms with Crippen molar-refractivity contribution in [1.82, 2.24) is 5.43 Å². The molecule has 0 radical (unpaired) electrons. The molecule has 0 bridgehead atoms. The molecule has 0 aliphatic heterocycles. The van der Waals surface area contributed by atoms with Gasteiger partial charge < -0.3 is 0 Å². The van der Waals surface area contributed by atoms with E-state index in [1.54, 1.807) is 23.1 Å². The van der Waals surface area contributed by atoms with Crippen molar-refractivity contribution in [3.05, 3.63) is 28.5 Å². The average Bonchev–Trinajstić information content (AvgIpc) is 2.94. The number of allylic oxidation sites excluding steroid dienone is 1. The third-order valence-electron chi connectivity index (χ3n) is 2.22. The van der Waals surface area contributed by atoms with Crippen LogP contribution in [-0.4, -0.2) is 21.5 Å². The molecule has 0 spiro atoms. The Hall–Kier alpha value is -0.980.